The molecule has 2 aliphatic heterocycles. The van der Waals surface area contributed by atoms with Gasteiger partial charge in [0.05, 0.1) is 12.2 Å². The Morgan fingerprint density at radius 1 is 1.22 bits per heavy atom. The Morgan fingerprint density at radius 3 is 2.61 bits per heavy atom. The number of carbonyl (C=O) groups is 1. The summed E-state index contributed by atoms with van der Waals surface area (Å²) in [4.78, 5) is 10.3. The highest BCUT2D eigenvalue weighted by Gasteiger charge is 2.47. The van der Waals surface area contributed by atoms with Crippen molar-refractivity contribution >= 4 is 5.97 Å². The van der Waals surface area contributed by atoms with Crippen molar-refractivity contribution in [1.29, 1.82) is 0 Å². The van der Waals surface area contributed by atoms with Crippen LogP contribution in [0.2, 0.25) is 0 Å². The van der Waals surface area contributed by atoms with Gasteiger partial charge in [0.25, 0.3) is 0 Å². The minimum Gasteiger partial charge on any atom is -0.478 e. The molecule has 2 saturated heterocycles. The number of hydrogen-bond acceptors (Lipinski definition) is 3. The van der Waals surface area contributed by atoms with E-state index in [0.29, 0.717) is 17.9 Å². The molecular formula is C14H22O4. The highest BCUT2D eigenvalue weighted by Crippen LogP contribution is 2.45. The van der Waals surface area contributed by atoms with E-state index in [2.05, 4.69) is 0 Å². The third-order valence-corrected chi connectivity index (χ3v) is 4.22. The summed E-state index contributed by atoms with van der Waals surface area (Å²) in [5.74, 6) is -0.0348. The molecule has 0 aromatic carbocycles. The molecule has 4 heteroatoms. The smallest absolute Gasteiger partial charge is 0.327 e. The number of allylic oxidation sites excluding steroid dienone is 1. The van der Waals surface area contributed by atoms with Crippen LogP contribution >= 0.6 is 0 Å². The van der Waals surface area contributed by atoms with E-state index in [1.165, 1.54) is 6.08 Å². The third-order valence-electron chi connectivity index (χ3n) is 4.22. The first kappa shape index (κ1) is 13.6. The highest BCUT2D eigenvalue weighted by atomic mass is 16.5. The van der Waals surface area contributed by atoms with Crippen molar-refractivity contribution in [2.75, 3.05) is 6.61 Å². The second-order valence-corrected chi connectivity index (χ2v) is 5.33. The molecule has 0 radical (unpaired) electrons. The molecule has 4 nitrogen and oxygen atoms in total. The zero-order chi connectivity index (χ0) is 13.0. The van der Waals surface area contributed by atoms with Gasteiger partial charge < -0.3 is 14.9 Å². The Kier molecular flexibility index (Phi) is 4.78. The quantitative estimate of drug-likeness (QED) is 0.538. The number of aliphatic hydroxyl groups excluding tert-OH is 1. The number of rotatable bonds is 7. The Hall–Kier alpha value is -0.870. The first-order valence-electron chi connectivity index (χ1n) is 6.88. The molecule has 0 aliphatic carbocycles. The summed E-state index contributed by atoms with van der Waals surface area (Å²) >= 11 is 0. The third kappa shape index (κ3) is 3.12. The van der Waals surface area contributed by atoms with Gasteiger partial charge in [-0.25, -0.2) is 4.79 Å². The van der Waals surface area contributed by atoms with Crippen molar-refractivity contribution in [2.24, 2.45) is 11.8 Å². The summed E-state index contributed by atoms with van der Waals surface area (Å²) in [6.45, 7) is 0.241. The fourth-order valence-corrected chi connectivity index (χ4v) is 3.35. The van der Waals surface area contributed by atoms with Crippen molar-refractivity contribution in [1.82, 2.24) is 0 Å². The van der Waals surface area contributed by atoms with E-state index in [1.807, 2.05) is 0 Å². The van der Waals surface area contributed by atoms with Crippen LogP contribution in [0.5, 0.6) is 0 Å². The maximum absolute atomic E-state index is 10.3. The van der Waals surface area contributed by atoms with Crippen LogP contribution in [0.25, 0.3) is 0 Å². The van der Waals surface area contributed by atoms with Crippen LogP contribution in [-0.2, 0) is 9.53 Å². The fourth-order valence-electron chi connectivity index (χ4n) is 3.35. The molecule has 0 aromatic heterocycles. The normalized spacial score (nSPS) is 34.5. The van der Waals surface area contributed by atoms with E-state index in [9.17, 15) is 9.90 Å². The standard InChI is InChI=1S/C14H22O4/c15-9-11-10(12-7-8-13(11)18-12)5-3-1-2-4-6-14(16)17/h4,6,10-13,15H,1-3,5,7-9H2,(H,16,17)/t10-,11+,12-,13+/m0/s1. The molecule has 2 bridgehead atoms. The molecule has 102 valence electrons. The Balaban J connectivity index is 1.66. The van der Waals surface area contributed by atoms with Gasteiger partial charge in [0, 0.05) is 18.6 Å². The van der Waals surface area contributed by atoms with Crippen LogP contribution in [0.15, 0.2) is 12.2 Å². The molecule has 18 heavy (non-hydrogen) atoms. The monoisotopic (exact) mass is 254 g/mol. The zero-order valence-corrected chi connectivity index (χ0v) is 10.6. The maximum atomic E-state index is 10.3. The van der Waals surface area contributed by atoms with Gasteiger partial charge in [-0.15, -0.1) is 0 Å². The number of fused-ring (bicyclic) bond motifs is 2. The Morgan fingerprint density at radius 2 is 1.94 bits per heavy atom. The van der Waals surface area contributed by atoms with Crippen molar-refractivity contribution in [2.45, 2.75) is 50.7 Å². The average molecular weight is 254 g/mol. The van der Waals surface area contributed by atoms with Crippen molar-refractivity contribution in [3.05, 3.63) is 12.2 Å². The summed E-state index contributed by atoms with van der Waals surface area (Å²) in [5.41, 5.74) is 0. The number of carboxylic acid groups (broad SMARTS) is 1. The molecule has 0 spiro atoms. The fraction of sp³-hybridized carbons (Fsp3) is 0.786. The van der Waals surface area contributed by atoms with E-state index in [0.717, 1.165) is 38.5 Å². The number of hydrogen-bond donors (Lipinski definition) is 2. The number of aliphatic hydroxyl groups is 1. The molecule has 4 atom stereocenters. The molecule has 2 heterocycles. The number of carboxylic acids is 1. The summed E-state index contributed by atoms with van der Waals surface area (Å²) in [6.07, 6.45) is 9.82. The first-order valence-corrected chi connectivity index (χ1v) is 6.88. The van der Waals surface area contributed by atoms with Crippen LogP contribution in [0.4, 0.5) is 0 Å². The first-order chi connectivity index (χ1) is 8.72. The average Bonchev–Trinajstić information content (AvgIpc) is 2.93. The number of unbranched alkanes of at least 4 members (excludes halogenated alkanes) is 2. The van der Waals surface area contributed by atoms with E-state index in [1.54, 1.807) is 6.08 Å². The topological polar surface area (TPSA) is 66.8 Å². The molecule has 0 saturated carbocycles. The van der Waals surface area contributed by atoms with Crippen LogP contribution in [0.3, 0.4) is 0 Å². The van der Waals surface area contributed by atoms with E-state index >= 15 is 0 Å². The van der Waals surface area contributed by atoms with Crippen LogP contribution < -0.4 is 0 Å². The summed E-state index contributed by atoms with van der Waals surface area (Å²) < 4.78 is 5.85. The summed E-state index contributed by atoms with van der Waals surface area (Å²) in [6, 6.07) is 0. The van der Waals surface area contributed by atoms with Crippen LogP contribution in [0.1, 0.15) is 38.5 Å². The van der Waals surface area contributed by atoms with Gasteiger partial charge >= 0.3 is 5.97 Å². The van der Waals surface area contributed by atoms with E-state index in [4.69, 9.17) is 9.84 Å². The van der Waals surface area contributed by atoms with Gasteiger partial charge in [0.2, 0.25) is 0 Å². The minimum atomic E-state index is -0.878. The lowest BCUT2D eigenvalue weighted by atomic mass is 9.77. The molecule has 2 aliphatic rings. The van der Waals surface area contributed by atoms with E-state index < -0.39 is 5.97 Å². The molecule has 2 N–H and O–H groups in total. The SMILES string of the molecule is O=C(O)C=CCCCC[C@H]1[C@@H](CO)[C@H]2CC[C@@H]1O2. The largest absolute Gasteiger partial charge is 0.478 e. The molecular weight excluding hydrogens is 232 g/mol. The zero-order valence-electron chi connectivity index (χ0n) is 10.6. The van der Waals surface area contributed by atoms with E-state index in [-0.39, 0.29) is 12.7 Å². The molecule has 0 amide bonds. The lowest BCUT2D eigenvalue weighted by Crippen LogP contribution is -2.29. The second-order valence-electron chi connectivity index (χ2n) is 5.33. The maximum Gasteiger partial charge on any atom is 0.327 e. The van der Waals surface area contributed by atoms with Crippen LogP contribution in [-0.4, -0.2) is 35.0 Å². The van der Waals surface area contributed by atoms with Gasteiger partial charge in [-0.05, 0) is 38.0 Å². The van der Waals surface area contributed by atoms with Crippen molar-refractivity contribution in [3.63, 3.8) is 0 Å². The molecule has 2 rings (SSSR count). The second kappa shape index (κ2) is 6.34. The van der Waals surface area contributed by atoms with Gasteiger partial charge in [0.15, 0.2) is 0 Å². The minimum absolute atomic E-state index is 0.241. The van der Waals surface area contributed by atoms with Gasteiger partial charge in [-0.1, -0.05) is 12.5 Å². The number of ether oxygens (including phenoxy) is 1. The number of aliphatic carboxylic acids is 1. The lowest BCUT2D eigenvalue weighted by Gasteiger charge is -2.26. The Bertz CT molecular complexity index is 313. The van der Waals surface area contributed by atoms with Crippen molar-refractivity contribution < 1.29 is 19.7 Å². The predicted molar refractivity (Wildman–Crippen MR) is 67.2 cm³/mol. The summed E-state index contributed by atoms with van der Waals surface area (Å²) in [5, 5.41) is 17.9. The lowest BCUT2D eigenvalue weighted by molar-refractivity contribution is -0.131. The Labute approximate surface area is 108 Å². The highest BCUT2D eigenvalue weighted by molar-refractivity contribution is 5.79. The van der Waals surface area contributed by atoms with Crippen LogP contribution in [0, 0.1) is 11.8 Å². The molecule has 2 fully saturated rings. The summed E-state index contributed by atoms with van der Waals surface area (Å²) in [7, 11) is 0. The predicted octanol–water partition coefficient (Wildman–Crippen LogP) is 1.97. The molecule has 0 aromatic rings. The van der Waals surface area contributed by atoms with Crippen molar-refractivity contribution in [3.8, 4) is 0 Å². The van der Waals surface area contributed by atoms with Gasteiger partial charge in [0.1, 0.15) is 0 Å². The van der Waals surface area contributed by atoms with Gasteiger partial charge in [-0.2, -0.15) is 0 Å². The molecule has 0 unspecified atom stereocenters. The van der Waals surface area contributed by atoms with Gasteiger partial charge in [-0.3, -0.25) is 0 Å².